The molecule has 0 bridgehead atoms. The topological polar surface area (TPSA) is 21.3 Å². The van der Waals surface area contributed by atoms with E-state index in [1.807, 2.05) is 13.1 Å². The predicted octanol–water partition coefficient (Wildman–Crippen LogP) is 3.15. The van der Waals surface area contributed by atoms with E-state index < -0.39 is 0 Å². The van der Waals surface area contributed by atoms with Gasteiger partial charge in [0.25, 0.3) is 0 Å². The van der Waals surface area contributed by atoms with Crippen molar-refractivity contribution in [1.29, 1.82) is 0 Å². The zero-order chi connectivity index (χ0) is 14.1. The molecule has 1 atom stereocenters. The smallest absolute Gasteiger partial charge is 0.165 e. The molecule has 4 heteroatoms. The van der Waals surface area contributed by atoms with Crippen LogP contribution in [-0.2, 0) is 6.42 Å². The average Bonchev–Trinajstić information content (AvgIpc) is 2.83. The van der Waals surface area contributed by atoms with Gasteiger partial charge in [-0.3, -0.25) is 0 Å². The van der Waals surface area contributed by atoms with E-state index in [0.29, 0.717) is 18.7 Å². The third-order valence-electron chi connectivity index (χ3n) is 3.46. The van der Waals surface area contributed by atoms with Crippen molar-refractivity contribution >= 4 is 0 Å². The molecule has 0 amide bonds. The highest BCUT2D eigenvalue weighted by molar-refractivity contribution is 5.66. The molecule has 20 heavy (non-hydrogen) atoms. The summed E-state index contributed by atoms with van der Waals surface area (Å²) in [5, 5.41) is 3.03. The Bertz CT molecular complexity index is 625. The van der Waals surface area contributed by atoms with E-state index in [0.717, 1.165) is 16.7 Å². The fourth-order valence-corrected chi connectivity index (χ4v) is 2.54. The van der Waals surface area contributed by atoms with Gasteiger partial charge in [0, 0.05) is 18.5 Å². The number of hydrogen-bond acceptors (Lipinski definition) is 2. The van der Waals surface area contributed by atoms with Gasteiger partial charge in [0.1, 0.15) is 11.9 Å². The maximum absolute atomic E-state index is 14.1. The summed E-state index contributed by atoms with van der Waals surface area (Å²) in [6, 6.07) is 9.41. The number of halogens is 2. The van der Waals surface area contributed by atoms with Gasteiger partial charge in [-0.2, -0.15) is 0 Å². The van der Waals surface area contributed by atoms with Crippen molar-refractivity contribution in [2.24, 2.45) is 0 Å². The Labute approximate surface area is 116 Å². The molecule has 2 nitrogen and oxygen atoms in total. The van der Waals surface area contributed by atoms with Gasteiger partial charge in [-0.05, 0) is 42.4 Å². The molecule has 0 saturated heterocycles. The highest BCUT2D eigenvalue weighted by Crippen LogP contribution is 2.35. The standard InChI is InChI=1S/C16H15F2NO/c1-19-9-14-7-12-6-11(8-15(18)16(12)20-14)10-2-4-13(17)5-3-10/h2-6,8,14,19H,7,9H2,1H3. The van der Waals surface area contributed by atoms with Crippen LogP contribution < -0.4 is 10.1 Å². The largest absolute Gasteiger partial charge is 0.485 e. The fourth-order valence-electron chi connectivity index (χ4n) is 2.54. The lowest BCUT2D eigenvalue weighted by atomic mass is 10.0. The maximum atomic E-state index is 14.1. The van der Waals surface area contributed by atoms with Crippen LogP contribution in [-0.4, -0.2) is 19.7 Å². The van der Waals surface area contributed by atoms with Crippen molar-refractivity contribution in [3.63, 3.8) is 0 Å². The van der Waals surface area contributed by atoms with E-state index in [1.54, 1.807) is 12.1 Å². The molecule has 1 aliphatic heterocycles. The van der Waals surface area contributed by atoms with E-state index >= 15 is 0 Å². The zero-order valence-corrected chi connectivity index (χ0v) is 11.1. The van der Waals surface area contributed by atoms with Gasteiger partial charge in [0.2, 0.25) is 0 Å². The normalized spacial score (nSPS) is 16.9. The van der Waals surface area contributed by atoms with Crippen molar-refractivity contribution in [2.45, 2.75) is 12.5 Å². The molecule has 2 aromatic carbocycles. The minimum absolute atomic E-state index is 0.0343. The molecule has 1 heterocycles. The van der Waals surface area contributed by atoms with Crippen LogP contribution >= 0.6 is 0 Å². The van der Waals surface area contributed by atoms with Crippen molar-refractivity contribution < 1.29 is 13.5 Å². The summed E-state index contributed by atoms with van der Waals surface area (Å²) >= 11 is 0. The highest BCUT2D eigenvalue weighted by atomic mass is 19.1. The number of rotatable bonds is 3. The summed E-state index contributed by atoms with van der Waals surface area (Å²) in [6.45, 7) is 0.681. The van der Waals surface area contributed by atoms with Crippen LogP contribution in [0, 0.1) is 11.6 Å². The molecule has 3 rings (SSSR count). The maximum Gasteiger partial charge on any atom is 0.165 e. The first-order valence-corrected chi connectivity index (χ1v) is 6.57. The Hall–Kier alpha value is -1.94. The number of benzene rings is 2. The van der Waals surface area contributed by atoms with Gasteiger partial charge >= 0.3 is 0 Å². The molecule has 0 aromatic heterocycles. The number of likely N-dealkylation sites (N-methyl/N-ethyl adjacent to an activating group) is 1. The second-order valence-corrected chi connectivity index (χ2v) is 4.95. The average molecular weight is 275 g/mol. The first-order valence-electron chi connectivity index (χ1n) is 6.57. The van der Waals surface area contributed by atoms with E-state index in [-0.39, 0.29) is 17.7 Å². The summed E-state index contributed by atoms with van der Waals surface area (Å²) < 4.78 is 32.6. The molecular weight excluding hydrogens is 260 g/mol. The van der Waals surface area contributed by atoms with Crippen LogP contribution in [0.5, 0.6) is 5.75 Å². The highest BCUT2D eigenvalue weighted by Gasteiger charge is 2.26. The quantitative estimate of drug-likeness (QED) is 0.929. The van der Waals surface area contributed by atoms with Gasteiger partial charge < -0.3 is 10.1 Å². The van der Waals surface area contributed by atoms with Crippen molar-refractivity contribution in [3.05, 3.63) is 53.6 Å². The lowest BCUT2D eigenvalue weighted by molar-refractivity contribution is 0.223. The molecular formula is C16H15F2NO. The molecule has 0 spiro atoms. The Balaban J connectivity index is 1.95. The Morgan fingerprint density at radius 1 is 1.15 bits per heavy atom. The second kappa shape index (κ2) is 5.21. The van der Waals surface area contributed by atoms with Gasteiger partial charge in [0.05, 0.1) is 0 Å². The lowest BCUT2D eigenvalue weighted by Crippen LogP contribution is -2.27. The molecule has 0 fully saturated rings. The predicted molar refractivity (Wildman–Crippen MR) is 73.8 cm³/mol. The minimum Gasteiger partial charge on any atom is -0.485 e. The second-order valence-electron chi connectivity index (χ2n) is 4.95. The van der Waals surface area contributed by atoms with Gasteiger partial charge in [0.15, 0.2) is 11.6 Å². The number of hydrogen-bond donors (Lipinski definition) is 1. The summed E-state index contributed by atoms with van der Waals surface area (Å²) in [5.41, 5.74) is 2.41. The van der Waals surface area contributed by atoms with Crippen molar-refractivity contribution in [2.75, 3.05) is 13.6 Å². The van der Waals surface area contributed by atoms with Crippen LogP contribution in [0.1, 0.15) is 5.56 Å². The van der Waals surface area contributed by atoms with Crippen LogP contribution in [0.4, 0.5) is 8.78 Å². The molecule has 104 valence electrons. The third-order valence-corrected chi connectivity index (χ3v) is 3.46. The zero-order valence-electron chi connectivity index (χ0n) is 11.1. The Morgan fingerprint density at radius 2 is 1.90 bits per heavy atom. The molecule has 0 saturated carbocycles. The van der Waals surface area contributed by atoms with E-state index in [2.05, 4.69) is 5.32 Å². The van der Waals surface area contributed by atoms with Crippen LogP contribution in [0.3, 0.4) is 0 Å². The molecule has 1 unspecified atom stereocenters. The van der Waals surface area contributed by atoms with Gasteiger partial charge in [-0.25, -0.2) is 8.78 Å². The Kier molecular flexibility index (Phi) is 3.40. The van der Waals surface area contributed by atoms with Gasteiger partial charge in [-0.1, -0.05) is 12.1 Å². The first kappa shape index (κ1) is 13.1. The van der Waals surface area contributed by atoms with Crippen LogP contribution in [0.25, 0.3) is 11.1 Å². The summed E-state index contributed by atoms with van der Waals surface area (Å²) in [7, 11) is 1.84. The Morgan fingerprint density at radius 3 is 2.60 bits per heavy atom. The minimum atomic E-state index is -0.361. The monoisotopic (exact) mass is 275 g/mol. The fraction of sp³-hybridized carbons (Fsp3) is 0.250. The van der Waals surface area contributed by atoms with Crippen LogP contribution in [0.15, 0.2) is 36.4 Å². The number of nitrogens with one attached hydrogen (secondary N) is 1. The number of fused-ring (bicyclic) bond motifs is 1. The SMILES string of the molecule is CNCC1Cc2cc(-c3ccc(F)cc3)cc(F)c2O1. The summed E-state index contributed by atoms with van der Waals surface area (Å²) in [4.78, 5) is 0. The van der Waals surface area contributed by atoms with Crippen LogP contribution in [0.2, 0.25) is 0 Å². The molecule has 0 radical (unpaired) electrons. The van der Waals surface area contributed by atoms with Crippen molar-refractivity contribution in [3.8, 4) is 16.9 Å². The lowest BCUT2D eigenvalue weighted by Gasteiger charge is -2.09. The van der Waals surface area contributed by atoms with E-state index in [4.69, 9.17) is 4.74 Å². The molecule has 1 aliphatic rings. The number of ether oxygens (including phenoxy) is 1. The first-order chi connectivity index (χ1) is 9.67. The third kappa shape index (κ3) is 2.39. The molecule has 2 aromatic rings. The molecule has 1 N–H and O–H groups in total. The van der Waals surface area contributed by atoms with E-state index in [9.17, 15) is 8.78 Å². The van der Waals surface area contributed by atoms with E-state index in [1.165, 1.54) is 18.2 Å². The molecule has 0 aliphatic carbocycles. The summed E-state index contributed by atoms with van der Waals surface area (Å²) in [6.07, 6.45) is 0.648. The van der Waals surface area contributed by atoms with Gasteiger partial charge in [-0.15, -0.1) is 0 Å². The van der Waals surface area contributed by atoms with Crippen molar-refractivity contribution in [1.82, 2.24) is 5.32 Å². The summed E-state index contributed by atoms with van der Waals surface area (Å²) in [5.74, 6) is -0.315.